The van der Waals surface area contributed by atoms with Crippen LogP contribution in [0.5, 0.6) is 0 Å². The predicted octanol–water partition coefficient (Wildman–Crippen LogP) is 1.14. The van der Waals surface area contributed by atoms with Crippen LogP contribution in [0.4, 0.5) is 0 Å². The highest BCUT2D eigenvalue weighted by Gasteiger charge is 2.06. The van der Waals surface area contributed by atoms with Crippen LogP contribution in [-0.2, 0) is 10.8 Å². The molecule has 0 heterocycles. The third kappa shape index (κ3) is 5.39. The number of nitrogens with one attached hydrogen (secondary N) is 1. The maximum atomic E-state index is 10.9. The van der Waals surface area contributed by atoms with Gasteiger partial charge in [0.2, 0.25) is 0 Å². The Morgan fingerprint density at radius 3 is 2.36 bits per heavy atom. The molecular weight excluding hydrogens is 158 g/mol. The first-order chi connectivity index (χ1) is 5.07. The lowest BCUT2D eigenvalue weighted by atomic mass is 10.2. The predicted molar refractivity (Wildman–Crippen MR) is 51.3 cm³/mol. The Balaban J connectivity index is 3.45. The van der Waals surface area contributed by atoms with Crippen LogP contribution >= 0.6 is 0 Å². The molecule has 11 heavy (non-hydrogen) atoms. The minimum Gasteiger partial charge on any atom is -0.313 e. The first kappa shape index (κ1) is 11.1. The van der Waals surface area contributed by atoms with Crippen molar-refractivity contribution in [1.29, 1.82) is 0 Å². The average Bonchev–Trinajstić information content (AvgIpc) is 1.99. The van der Waals surface area contributed by atoms with E-state index < -0.39 is 10.8 Å². The Morgan fingerprint density at radius 2 is 2.00 bits per heavy atom. The van der Waals surface area contributed by atoms with E-state index >= 15 is 0 Å². The molecule has 3 heteroatoms. The van der Waals surface area contributed by atoms with Crippen molar-refractivity contribution in [3.63, 3.8) is 0 Å². The van der Waals surface area contributed by atoms with Crippen LogP contribution in [0.15, 0.2) is 0 Å². The van der Waals surface area contributed by atoms with Gasteiger partial charge in [-0.25, -0.2) is 0 Å². The van der Waals surface area contributed by atoms with Crippen LogP contribution < -0.4 is 5.32 Å². The second-order valence-electron chi connectivity index (χ2n) is 3.03. The second-order valence-corrected chi connectivity index (χ2v) is 4.83. The molecule has 0 saturated heterocycles. The fourth-order valence-corrected chi connectivity index (χ4v) is 0.960. The van der Waals surface area contributed by atoms with Gasteiger partial charge in [-0.05, 0) is 20.3 Å². The van der Waals surface area contributed by atoms with Crippen LogP contribution in [0.2, 0.25) is 0 Å². The summed E-state index contributed by atoms with van der Waals surface area (Å²) < 4.78 is 10.9. The summed E-state index contributed by atoms with van der Waals surface area (Å²) in [6.45, 7) is 7.15. The molecule has 0 fully saturated rings. The van der Waals surface area contributed by atoms with E-state index in [0.29, 0.717) is 6.04 Å². The summed E-state index contributed by atoms with van der Waals surface area (Å²) in [6.07, 6.45) is 2.88. The van der Waals surface area contributed by atoms with Crippen LogP contribution in [-0.4, -0.2) is 28.3 Å². The summed E-state index contributed by atoms with van der Waals surface area (Å²) >= 11 is 0. The molecular formula is C8H19NOS. The Labute approximate surface area is 72.2 Å². The van der Waals surface area contributed by atoms with Gasteiger partial charge < -0.3 is 5.32 Å². The maximum absolute atomic E-state index is 10.9. The summed E-state index contributed by atoms with van der Waals surface area (Å²) in [7, 11) is -0.691. The van der Waals surface area contributed by atoms with Gasteiger partial charge in [-0.2, -0.15) is 0 Å². The van der Waals surface area contributed by atoms with Crippen LogP contribution in [0.25, 0.3) is 0 Å². The van der Waals surface area contributed by atoms with Gasteiger partial charge in [-0.15, -0.1) is 0 Å². The van der Waals surface area contributed by atoms with Gasteiger partial charge in [0.1, 0.15) is 0 Å². The third-order valence-corrected chi connectivity index (χ3v) is 3.23. The van der Waals surface area contributed by atoms with Gasteiger partial charge in [0.25, 0.3) is 0 Å². The number of hydrogen-bond acceptors (Lipinski definition) is 2. The molecule has 68 valence electrons. The van der Waals surface area contributed by atoms with E-state index in [9.17, 15) is 4.21 Å². The van der Waals surface area contributed by atoms with Crippen molar-refractivity contribution in [3.8, 4) is 0 Å². The van der Waals surface area contributed by atoms with Gasteiger partial charge in [-0.1, -0.05) is 6.92 Å². The molecule has 0 aliphatic heterocycles. The van der Waals surface area contributed by atoms with Gasteiger partial charge in [0.15, 0.2) is 0 Å². The summed E-state index contributed by atoms with van der Waals surface area (Å²) in [5.74, 6) is 0. The molecule has 0 aromatic rings. The molecule has 0 aromatic carbocycles. The van der Waals surface area contributed by atoms with Crippen molar-refractivity contribution < 1.29 is 4.21 Å². The Hall–Kier alpha value is 0.110. The van der Waals surface area contributed by atoms with E-state index in [1.165, 1.54) is 0 Å². The van der Waals surface area contributed by atoms with Crippen LogP contribution in [0.3, 0.4) is 0 Å². The summed E-state index contributed by atoms with van der Waals surface area (Å²) in [6, 6.07) is 0.543. The first-order valence-electron chi connectivity index (χ1n) is 4.13. The van der Waals surface area contributed by atoms with E-state index in [4.69, 9.17) is 0 Å². The molecule has 0 aliphatic rings. The molecule has 0 bridgehead atoms. The van der Waals surface area contributed by atoms with Crippen molar-refractivity contribution >= 4 is 10.8 Å². The van der Waals surface area contributed by atoms with E-state index in [1.54, 1.807) is 6.26 Å². The van der Waals surface area contributed by atoms with E-state index in [-0.39, 0.29) is 5.25 Å². The lowest BCUT2D eigenvalue weighted by molar-refractivity contribution is 0.533. The highest BCUT2D eigenvalue weighted by atomic mass is 32.2. The van der Waals surface area contributed by atoms with Crippen molar-refractivity contribution in [3.05, 3.63) is 0 Å². The number of hydrogen-bond donors (Lipinski definition) is 1. The van der Waals surface area contributed by atoms with Crippen molar-refractivity contribution in [2.45, 2.75) is 38.5 Å². The monoisotopic (exact) mass is 177 g/mol. The van der Waals surface area contributed by atoms with Crippen molar-refractivity contribution in [1.82, 2.24) is 5.32 Å². The van der Waals surface area contributed by atoms with Gasteiger partial charge in [0.05, 0.1) is 0 Å². The molecule has 0 rings (SSSR count). The Kier molecular flexibility index (Phi) is 5.78. The van der Waals surface area contributed by atoms with E-state index in [0.717, 1.165) is 13.0 Å². The lowest BCUT2D eigenvalue weighted by Gasteiger charge is -2.14. The molecule has 3 unspecified atom stereocenters. The third-order valence-electron chi connectivity index (χ3n) is 1.93. The minimum atomic E-state index is -0.691. The zero-order chi connectivity index (χ0) is 8.85. The van der Waals surface area contributed by atoms with Crippen LogP contribution in [0.1, 0.15) is 27.2 Å². The van der Waals surface area contributed by atoms with Gasteiger partial charge in [0, 0.05) is 34.9 Å². The molecule has 0 spiro atoms. The summed E-state index contributed by atoms with van der Waals surface area (Å²) in [5.41, 5.74) is 0. The topological polar surface area (TPSA) is 29.1 Å². The Morgan fingerprint density at radius 1 is 1.45 bits per heavy atom. The quantitative estimate of drug-likeness (QED) is 0.682. The summed E-state index contributed by atoms with van der Waals surface area (Å²) in [4.78, 5) is 0. The fourth-order valence-electron chi connectivity index (χ4n) is 0.629. The molecule has 0 radical (unpaired) electrons. The average molecular weight is 177 g/mol. The fraction of sp³-hybridized carbons (Fsp3) is 1.00. The molecule has 1 N–H and O–H groups in total. The van der Waals surface area contributed by atoms with Crippen LogP contribution in [0, 0.1) is 0 Å². The second kappa shape index (κ2) is 5.72. The zero-order valence-corrected chi connectivity index (χ0v) is 8.70. The molecule has 0 amide bonds. The lowest BCUT2D eigenvalue weighted by Crippen LogP contribution is -2.33. The van der Waals surface area contributed by atoms with Crippen molar-refractivity contribution in [2.75, 3.05) is 12.8 Å². The molecule has 0 aromatic heterocycles. The first-order valence-corrected chi connectivity index (χ1v) is 5.75. The van der Waals surface area contributed by atoms with Gasteiger partial charge in [-0.3, -0.25) is 4.21 Å². The number of rotatable bonds is 5. The molecule has 0 saturated carbocycles. The van der Waals surface area contributed by atoms with Crippen molar-refractivity contribution in [2.24, 2.45) is 0 Å². The summed E-state index contributed by atoms with van der Waals surface area (Å²) in [5, 5.41) is 3.59. The zero-order valence-electron chi connectivity index (χ0n) is 7.89. The van der Waals surface area contributed by atoms with E-state index in [1.807, 2.05) is 6.92 Å². The highest BCUT2D eigenvalue weighted by Crippen LogP contribution is 1.93. The van der Waals surface area contributed by atoms with E-state index in [2.05, 4.69) is 19.2 Å². The normalized spacial score (nSPS) is 19.3. The van der Waals surface area contributed by atoms with Gasteiger partial charge >= 0.3 is 0 Å². The smallest absolute Gasteiger partial charge is 0.0441 e. The minimum absolute atomic E-state index is 0.268. The highest BCUT2D eigenvalue weighted by molar-refractivity contribution is 7.84. The Bertz CT molecular complexity index is 127. The largest absolute Gasteiger partial charge is 0.313 e. The standard InChI is InChI=1S/C8H19NOS/c1-5-7(2)9-6-8(3)11(4)10/h7-9H,5-6H2,1-4H3. The molecule has 2 nitrogen and oxygen atoms in total. The maximum Gasteiger partial charge on any atom is 0.0441 e. The SMILES string of the molecule is CCC(C)NCC(C)S(C)=O. The molecule has 0 aliphatic carbocycles. The molecule has 3 atom stereocenters.